The zero-order chi connectivity index (χ0) is 50.2. The van der Waals surface area contributed by atoms with E-state index in [9.17, 15) is 59.9 Å². The number of hydrogen-bond acceptors (Lipinski definition) is 17. The van der Waals surface area contributed by atoms with Gasteiger partial charge in [0.25, 0.3) is 0 Å². The molecule has 2 rings (SSSR count). The highest BCUT2D eigenvalue weighted by atomic mass is 31.2. The Bertz CT molecular complexity index is 1420. The Hall–Kier alpha value is -1.87. The van der Waals surface area contributed by atoms with Crippen LogP contribution in [0.25, 0.3) is 0 Å². The molecule has 1 saturated carbocycles. The number of ether oxygens (including phenoxy) is 4. The third-order valence-corrected chi connectivity index (χ3v) is 13.4. The van der Waals surface area contributed by atoms with Crippen LogP contribution in [-0.2, 0) is 42.1 Å². The van der Waals surface area contributed by atoms with Crippen LogP contribution >= 0.6 is 7.82 Å². The van der Waals surface area contributed by atoms with Crippen molar-refractivity contribution in [2.24, 2.45) is 0 Å². The Kier molecular flexibility index (Phi) is 33.8. The Morgan fingerprint density at radius 1 is 0.544 bits per heavy atom. The first-order chi connectivity index (χ1) is 32.7. The molecular weight excluding hydrogens is 907 g/mol. The molecule has 68 heavy (non-hydrogen) atoms. The van der Waals surface area contributed by atoms with Gasteiger partial charge in [0.05, 0.1) is 13.2 Å². The van der Waals surface area contributed by atoms with Crippen LogP contribution in [0.1, 0.15) is 181 Å². The number of phosphoric ester groups is 1. The molecule has 1 aliphatic carbocycles. The van der Waals surface area contributed by atoms with Gasteiger partial charge in [0.2, 0.25) is 0 Å². The SMILES string of the molecule is CCCCCC/C=C\CCCCCCCCCC(=O)OCC(COP(=O)(O)OC1C(O)C(O)C(O)C(O)C1OC1OC(CO)C(O)C(O)C1O)OC(=O)CCCCC/C=C\CCCCCCCC. The van der Waals surface area contributed by atoms with E-state index in [-0.39, 0.29) is 12.8 Å². The lowest BCUT2D eigenvalue weighted by Crippen LogP contribution is -2.67. The van der Waals surface area contributed by atoms with Crippen molar-refractivity contribution >= 4 is 19.8 Å². The smallest absolute Gasteiger partial charge is 0.462 e. The van der Waals surface area contributed by atoms with Crippen molar-refractivity contribution in [2.75, 3.05) is 19.8 Å². The maximum absolute atomic E-state index is 13.4. The molecule has 398 valence electrons. The monoisotopic (exact) mass is 997 g/mol. The number of aliphatic hydroxyl groups is 8. The highest BCUT2D eigenvalue weighted by molar-refractivity contribution is 7.47. The van der Waals surface area contributed by atoms with Crippen LogP contribution in [-0.4, -0.2) is 151 Å². The molecule has 0 aromatic heterocycles. The van der Waals surface area contributed by atoms with Crippen LogP contribution in [0.3, 0.4) is 0 Å². The average Bonchev–Trinajstić information content (AvgIpc) is 3.32. The second-order valence-corrected chi connectivity index (χ2v) is 19.8. The van der Waals surface area contributed by atoms with Crippen molar-refractivity contribution in [1.29, 1.82) is 0 Å². The first kappa shape index (κ1) is 62.2. The lowest BCUT2D eigenvalue weighted by molar-refractivity contribution is -0.338. The Balaban J connectivity index is 1.95. The summed E-state index contributed by atoms with van der Waals surface area (Å²) >= 11 is 0. The van der Waals surface area contributed by atoms with Gasteiger partial charge >= 0.3 is 19.8 Å². The molecule has 1 aliphatic heterocycles. The summed E-state index contributed by atoms with van der Waals surface area (Å²) in [5.74, 6) is -1.24. The Morgan fingerprint density at radius 3 is 1.49 bits per heavy atom. The molecule has 1 saturated heterocycles. The van der Waals surface area contributed by atoms with E-state index in [2.05, 4.69) is 38.2 Å². The van der Waals surface area contributed by atoms with Crippen LogP contribution in [0.5, 0.6) is 0 Å². The van der Waals surface area contributed by atoms with Crippen LogP contribution in [0, 0.1) is 0 Å². The number of esters is 2. The third kappa shape index (κ3) is 25.5. The molecule has 2 aliphatic rings. The number of hydrogen-bond donors (Lipinski definition) is 9. The molecule has 13 unspecified atom stereocenters. The highest BCUT2D eigenvalue weighted by Crippen LogP contribution is 2.48. The van der Waals surface area contributed by atoms with Crippen molar-refractivity contribution in [2.45, 2.75) is 254 Å². The van der Waals surface area contributed by atoms with Gasteiger partial charge in [-0.2, -0.15) is 0 Å². The number of carbonyl (C=O) groups is 2. The van der Waals surface area contributed by atoms with Gasteiger partial charge in [-0.05, 0) is 64.2 Å². The molecule has 0 aromatic rings. The van der Waals surface area contributed by atoms with E-state index in [1.54, 1.807) is 0 Å². The standard InChI is InChI=1S/C49H89O18P/c1-3-5-7-9-11-13-15-17-18-20-21-23-25-27-29-31-38(51)62-34-36(64-39(52)32-30-28-26-24-22-19-16-14-12-10-8-6-4-2)35-63-68(60,61)67-48-45(58)43(56)42(55)44(57)47(48)66-49-46(59)41(54)40(53)37(33-50)65-49/h13,15,19,22,36-37,40-50,53-59H,3-12,14,16-18,20-21,23-35H2,1-2H3,(H,60,61)/b15-13-,22-19-. The topological polar surface area (TPSA) is 289 Å². The highest BCUT2D eigenvalue weighted by Gasteiger charge is 2.55. The Labute approximate surface area is 405 Å². The minimum atomic E-state index is -5.38. The molecule has 1 heterocycles. The number of allylic oxidation sites excluding steroid dienone is 4. The maximum atomic E-state index is 13.4. The minimum absolute atomic E-state index is 0.0123. The summed E-state index contributed by atoms with van der Waals surface area (Å²) < 4.78 is 45.4. The Morgan fingerprint density at radius 2 is 0.971 bits per heavy atom. The van der Waals surface area contributed by atoms with E-state index in [1.807, 2.05) is 0 Å². The number of phosphoric acid groups is 1. The van der Waals surface area contributed by atoms with Gasteiger partial charge in [-0.1, -0.05) is 128 Å². The molecule has 13 atom stereocenters. The van der Waals surface area contributed by atoms with E-state index < -0.39 is 113 Å². The van der Waals surface area contributed by atoms with Gasteiger partial charge in [-0.3, -0.25) is 18.6 Å². The molecule has 18 nitrogen and oxygen atoms in total. The molecule has 9 N–H and O–H groups in total. The second-order valence-electron chi connectivity index (χ2n) is 18.4. The van der Waals surface area contributed by atoms with Crippen LogP contribution < -0.4 is 0 Å². The molecular formula is C49H89O18P. The summed E-state index contributed by atoms with van der Waals surface area (Å²) in [6, 6.07) is 0. The maximum Gasteiger partial charge on any atom is 0.472 e. The van der Waals surface area contributed by atoms with Gasteiger partial charge in [0, 0.05) is 12.8 Å². The van der Waals surface area contributed by atoms with Gasteiger partial charge in [0.1, 0.15) is 67.6 Å². The largest absolute Gasteiger partial charge is 0.472 e. The number of unbranched alkanes of at least 4 members (excludes halogenated alkanes) is 20. The average molecular weight is 997 g/mol. The quantitative estimate of drug-likeness (QED) is 0.0150. The molecule has 0 radical (unpaired) electrons. The summed E-state index contributed by atoms with van der Waals surface area (Å²) in [5, 5.41) is 82.9. The zero-order valence-corrected chi connectivity index (χ0v) is 41.8. The number of aliphatic hydroxyl groups excluding tert-OH is 8. The number of rotatable bonds is 39. The van der Waals surface area contributed by atoms with Crippen molar-refractivity contribution in [3.8, 4) is 0 Å². The first-order valence-corrected chi connectivity index (χ1v) is 27.2. The first-order valence-electron chi connectivity index (χ1n) is 25.7. The molecule has 0 amide bonds. The molecule has 19 heteroatoms. The van der Waals surface area contributed by atoms with Crippen molar-refractivity contribution < 1.29 is 87.9 Å². The fraction of sp³-hybridized carbons (Fsp3) is 0.878. The minimum Gasteiger partial charge on any atom is -0.462 e. The lowest BCUT2D eigenvalue weighted by Gasteiger charge is -2.47. The summed E-state index contributed by atoms with van der Waals surface area (Å²) in [7, 11) is -5.38. The van der Waals surface area contributed by atoms with E-state index in [0.29, 0.717) is 12.8 Å². The van der Waals surface area contributed by atoms with Gasteiger partial charge in [0.15, 0.2) is 12.4 Å². The van der Waals surface area contributed by atoms with Crippen molar-refractivity contribution in [3.63, 3.8) is 0 Å². The predicted molar refractivity (Wildman–Crippen MR) is 254 cm³/mol. The summed E-state index contributed by atoms with van der Waals surface area (Å²) in [4.78, 5) is 36.5. The van der Waals surface area contributed by atoms with Gasteiger partial charge < -0.3 is 64.7 Å². The second kappa shape index (κ2) is 37.0. The van der Waals surface area contributed by atoms with Gasteiger partial charge in [-0.15, -0.1) is 0 Å². The van der Waals surface area contributed by atoms with Crippen molar-refractivity contribution in [1.82, 2.24) is 0 Å². The lowest BCUT2D eigenvalue weighted by atomic mass is 9.84. The van der Waals surface area contributed by atoms with Crippen LogP contribution in [0.4, 0.5) is 0 Å². The molecule has 2 fully saturated rings. The fourth-order valence-corrected chi connectivity index (χ4v) is 9.07. The van der Waals surface area contributed by atoms with Crippen LogP contribution in [0.2, 0.25) is 0 Å². The third-order valence-electron chi connectivity index (χ3n) is 12.4. The van der Waals surface area contributed by atoms with E-state index in [4.69, 9.17) is 28.0 Å². The normalized spacial score (nSPS) is 28.0. The molecule has 0 bridgehead atoms. The predicted octanol–water partition coefficient (Wildman–Crippen LogP) is 5.88. The van der Waals surface area contributed by atoms with E-state index in [0.717, 1.165) is 77.0 Å². The molecule has 0 aromatic carbocycles. The summed E-state index contributed by atoms with van der Waals surface area (Å²) in [6.07, 6.45) is 11.2. The van der Waals surface area contributed by atoms with E-state index in [1.165, 1.54) is 64.2 Å². The van der Waals surface area contributed by atoms with Crippen molar-refractivity contribution in [3.05, 3.63) is 24.3 Å². The fourth-order valence-electron chi connectivity index (χ4n) is 8.10. The summed E-state index contributed by atoms with van der Waals surface area (Å²) in [6.45, 7) is 2.19. The molecule has 0 spiro atoms. The summed E-state index contributed by atoms with van der Waals surface area (Å²) in [5.41, 5.74) is 0. The van der Waals surface area contributed by atoms with E-state index >= 15 is 0 Å². The zero-order valence-electron chi connectivity index (χ0n) is 40.9. The van der Waals surface area contributed by atoms with Crippen LogP contribution in [0.15, 0.2) is 24.3 Å². The van der Waals surface area contributed by atoms with Gasteiger partial charge in [-0.25, -0.2) is 4.57 Å². The number of carbonyl (C=O) groups excluding carboxylic acids is 2.